The van der Waals surface area contributed by atoms with Crippen LogP contribution in [0.5, 0.6) is 0 Å². The van der Waals surface area contributed by atoms with Crippen molar-refractivity contribution in [2.75, 3.05) is 6.54 Å². The highest BCUT2D eigenvalue weighted by Gasteiger charge is 2.39. The van der Waals surface area contributed by atoms with Gasteiger partial charge in [-0.15, -0.1) is 0 Å². The number of carbonyl (C=O) groups is 1. The average Bonchev–Trinajstić information content (AvgIpc) is 3.19. The lowest BCUT2D eigenvalue weighted by atomic mass is 10.1. The maximum Gasteiger partial charge on any atom is 0.273 e. The van der Waals surface area contributed by atoms with Gasteiger partial charge in [-0.05, 0) is 31.5 Å². The van der Waals surface area contributed by atoms with Crippen molar-refractivity contribution in [3.05, 3.63) is 53.3 Å². The van der Waals surface area contributed by atoms with Crippen molar-refractivity contribution in [3.63, 3.8) is 0 Å². The van der Waals surface area contributed by atoms with E-state index in [0.29, 0.717) is 23.8 Å². The zero-order chi connectivity index (χ0) is 17.6. The quantitative estimate of drug-likeness (QED) is 0.770. The van der Waals surface area contributed by atoms with Crippen LogP contribution >= 0.6 is 0 Å². The Morgan fingerprint density at radius 1 is 1.28 bits per heavy atom. The molecule has 4 rings (SSSR count). The number of amides is 1. The molecule has 0 bridgehead atoms. The molecule has 25 heavy (non-hydrogen) atoms. The third-order valence-electron chi connectivity index (χ3n) is 4.51. The van der Waals surface area contributed by atoms with Gasteiger partial charge in [0.2, 0.25) is 5.89 Å². The minimum absolute atomic E-state index is 0.221. The van der Waals surface area contributed by atoms with Crippen molar-refractivity contribution >= 4 is 16.8 Å². The van der Waals surface area contributed by atoms with E-state index in [9.17, 15) is 9.90 Å². The molecule has 1 saturated heterocycles. The predicted molar refractivity (Wildman–Crippen MR) is 89.9 cm³/mol. The molecule has 0 radical (unpaired) electrons. The second-order valence-corrected chi connectivity index (χ2v) is 6.38. The summed E-state index contributed by atoms with van der Waals surface area (Å²) < 4.78 is 5.22. The van der Waals surface area contributed by atoms with Crippen LogP contribution in [0.25, 0.3) is 10.9 Å². The van der Waals surface area contributed by atoms with Crippen molar-refractivity contribution in [1.82, 2.24) is 20.0 Å². The number of β-amino-alcohol motifs (C(OH)–C–C–N with tert-alkyl or cyclic N) is 1. The van der Waals surface area contributed by atoms with Crippen molar-refractivity contribution in [2.45, 2.75) is 32.4 Å². The average molecular weight is 338 g/mol. The molecule has 2 atom stereocenters. The minimum atomic E-state index is -0.622. The summed E-state index contributed by atoms with van der Waals surface area (Å²) in [6.45, 7) is 3.90. The Bertz CT molecular complexity index is 952. The molecular weight excluding hydrogens is 320 g/mol. The molecule has 7 nitrogen and oxygen atoms in total. The summed E-state index contributed by atoms with van der Waals surface area (Å²) in [5.41, 5.74) is 2.11. The number of aliphatic hydroxyl groups excluding tert-OH is 1. The SMILES string of the molecule is Cc1noc([C@H]2C[C@@H](O)CN2C(=O)c2cc(C)c3ccccc3n2)n1. The summed E-state index contributed by atoms with van der Waals surface area (Å²) in [7, 11) is 0. The molecule has 0 unspecified atom stereocenters. The highest BCUT2D eigenvalue weighted by Crippen LogP contribution is 2.32. The number of aliphatic hydroxyl groups is 1. The molecule has 1 N–H and O–H groups in total. The van der Waals surface area contributed by atoms with Crippen LogP contribution in [0.1, 0.15) is 40.2 Å². The number of para-hydroxylation sites is 1. The molecule has 2 aromatic heterocycles. The first kappa shape index (κ1) is 15.7. The normalized spacial score (nSPS) is 20.4. The van der Waals surface area contributed by atoms with Crippen molar-refractivity contribution in [2.24, 2.45) is 0 Å². The number of aromatic nitrogens is 3. The van der Waals surface area contributed by atoms with Gasteiger partial charge in [-0.2, -0.15) is 4.98 Å². The Kier molecular flexibility index (Phi) is 3.73. The maximum atomic E-state index is 13.0. The topological polar surface area (TPSA) is 92.4 Å². The Hall–Kier alpha value is -2.80. The van der Waals surface area contributed by atoms with Crippen LogP contribution in [0.4, 0.5) is 0 Å². The number of hydrogen-bond donors (Lipinski definition) is 1. The first-order valence-electron chi connectivity index (χ1n) is 8.18. The van der Waals surface area contributed by atoms with Gasteiger partial charge < -0.3 is 14.5 Å². The van der Waals surface area contributed by atoms with E-state index >= 15 is 0 Å². The van der Waals surface area contributed by atoms with E-state index < -0.39 is 12.1 Å². The fourth-order valence-corrected chi connectivity index (χ4v) is 3.33. The fourth-order valence-electron chi connectivity index (χ4n) is 3.33. The number of likely N-dealkylation sites (tertiary alicyclic amines) is 1. The Morgan fingerprint density at radius 2 is 2.08 bits per heavy atom. The molecule has 1 amide bonds. The van der Waals surface area contributed by atoms with Crippen molar-refractivity contribution in [1.29, 1.82) is 0 Å². The second-order valence-electron chi connectivity index (χ2n) is 6.38. The maximum absolute atomic E-state index is 13.0. The van der Waals surface area contributed by atoms with Gasteiger partial charge in [0.25, 0.3) is 5.91 Å². The standard InChI is InChI=1S/C18H18N4O3/c1-10-7-15(20-14-6-4-3-5-13(10)14)18(24)22-9-12(23)8-16(22)17-19-11(2)21-25-17/h3-7,12,16,23H,8-9H2,1-2H3/t12-,16-/m1/s1. The number of pyridine rings is 1. The smallest absolute Gasteiger partial charge is 0.273 e. The van der Waals surface area contributed by atoms with Crippen LogP contribution in [0.3, 0.4) is 0 Å². The third-order valence-corrected chi connectivity index (χ3v) is 4.51. The van der Waals surface area contributed by atoms with E-state index in [0.717, 1.165) is 16.5 Å². The number of hydrogen-bond acceptors (Lipinski definition) is 6. The van der Waals surface area contributed by atoms with Gasteiger partial charge in [0.05, 0.1) is 11.6 Å². The van der Waals surface area contributed by atoms with Crippen molar-refractivity contribution < 1.29 is 14.4 Å². The fraction of sp³-hybridized carbons (Fsp3) is 0.333. The monoisotopic (exact) mass is 338 g/mol. The summed E-state index contributed by atoms with van der Waals surface area (Å²) >= 11 is 0. The first-order chi connectivity index (χ1) is 12.0. The lowest BCUT2D eigenvalue weighted by Crippen LogP contribution is -2.32. The van der Waals surface area contributed by atoms with Crippen LogP contribution in [0.2, 0.25) is 0 Å². The lowest BCUT2D eigenvalue weighted by Gasteiger charge is -2.21. The van der Waals surface area contributed by atoms with Crippen LogP contribution in [0, 0.1) is 13.8 Å². The Morgan fingerprint density at radius 3 is 2.84 bits per heavy atom. The van der Waals surface area contributed by atoms with Crippen LogP contribution in [-0.4, -0.2) is 43.7 Å². The van der Waals surface area contributed by atoms with Crippen LogP contribution in [-0.2, 0) is 0 Å². The number of benzene rings is 1. The minimum Gasteiger partial charge on any atom is -0.391 e. The number of fused-ring (bicyclic) bond motifs is 1. The van der Waals surface area contributed by atoms with E-state index in [1.54, 1.807) is 17.9 Å². The molecule has 1 aliphatic rings. The summed E-state index contributed by atoms with van der Waals surface area (Å²) in [5, 5.41) is 14.9. The summed E-state index contributed by atoms with van der Waals surface area (Å²) in [6, 6.07) is 9.06. The third kappa shape index (κ3) is 2.76. The van der Waals surface area contributed by atoms with Gasteiger partial charge in [0.1, 0.15) is 11.7 Å². The molecule has 1 aliphatic heterocycles. The van der Waals surface area contributed by atoms with Gasteiger partial charge in [-0.3, -0.25) is 4.79 Å². The Labute approximate surface area is 144 Å². The van der Waals surface area contributed by atoms with E-state index in [1.165, 1.54) is 0 Å². The molecule has 1 fully saturated rings. The van der Waals surface area contributed by atoms with Gasteiger partial charge in [-0.25, -0.2) is 4.98 Å². The molecule has 0 saturated carbocycles. The highest BCUT2D eigenvalue weighted by molar-refractivity contribution is 5.96. The molecule has 0 aliphatic carbocycles. The van der Waals surface area contributed by atoms with Crippen molar-refractivity contribution in [3.8, 4) is 0 Å². The largest absolute Gasteiger partial charge is 0.391 e. The number of aryl methyl sites for hydroxylation is 2. The number of carbonyl (C=O) groups excluding carboxylic acids is 1. The zero-order valence-electron chi connectivity index (χ0n) is 14.0. The van der Waals surface area contributed by atoms with E-state index in [2.05, 4.69) is 15.1 Å². The highest BCUT2D eigenvalue weighted by atomic mass is 16.5. The number of rotatable bonds is 2. The lowest BCUT2D eigenvalue weighted by molar-refractivity contribution is 0.0688. The summed E-state index contributed by atoms with van der Waals surface area (Å²) in [6.07, 6.45) is -0.248. The second kappa shape index (κ2) is 5.93. The molecule has 128 valence electrons. The van der Waals surface area contributed by atoms with Crippen LogP contribution < -0.4 is 0 Å². The first-order valence-corrected chi connectivity index (χ1v) is 8.18. The molecule has 0 spiro atoms. The number of nitrogens with zero attached hydrogens (tertiary/aromatic N) is 4. The van der Waals surface area contributed by atoms with E-state index in [-0.39, 0.29) is 12.5 Å². The molecule has 1 aromatic carbocycles. The van der Waals surface area contributed by atoms with Gasteiger partial charge in [-0.1, -0.05) is 23.4 Å². The van der Waals surface area contributed by atoms with E-state index in [4.69, 9.17) is 4.52 Å². The Balaban J connectivity index is 1.71. The van der Waals surface area contributed by atoms with Gasteiger partial charge >= 0.3 is 0 Å². The van der Waals surface area contributed by atoms with E-state index in [1.807, 2.05) is 31.2 Å². The summed E-state index contributed by atoms with van der Waals surface area (Å²) in [4.78, 5) is 23.3. The van der Waals surface area contributed by atoms with Gasteiger partial charge in [0, 0.05) is 18.4 Å². The summed E-state index contributed by atoms with van der Waals surface area (Å²) in [5.74, 6) is 0.606. The molecule has 7 heteroatoms. The van der Waals surface area contributed by atoms with Gasteiger partial charge in [0.15, 0.2) is 5.82 Å². The molecule has 3 aromatic rings. The zero-order valence-corrected chi connectivity index (χ0v) is 14.0. The molecule has 3 heterocycles. The predicted octanol–water partition coefficient (Wildman–Crippen LogP) is 2.18. The molecular formula is C18H18N4O3. The van der Waals surface area contributed by atoms with Crippen LogP contribution in [0.15, 0.2) is 34.9 Å².